The second kappa shape index (κ2) is 7.46. The fourth-order valence-corrected chi connectivity index (χ4v) is 3.13. The number of nitrogens with one attached hydrogen (secondary N) is 1. The van der Waals surface area contributed by atoms with Gasteiger partial charge in [0, 0.05) is 44.6 Å². The van der Waals surface area contributed by atoms with Gasteiger partial charge in [-0.25, -0.2) is 0 Å². The minimum absolute atomic E-state index is 0. The maximum absolute atomic E-state index is 10.1. The van der Waals surface area contributed by atoms with Crippen LogP contribution in [0.4, 0.5) is 0 Å². The van der Waals surface area contributed by atoms with Crippen molar-refractivity contribution in [3.8, 4) is 0 Å². The van der Waals surface area contributed by atoms with Gasteiger partial charge in [0.2, 0.25) is 0 Å². The van der Waals surface area contributed by atoms with Crippen molar-refractivity contribution in [1.82, 2.24) is 10.2 Å². The largest absolute Gasteiger partial charge is 0.392 e. The normalized spacial score (nSPS) is 30.1. The van der Waals surface area contributed by atoms with Crippen LogP contribution < -0.4 is 5.32 Å². The summed E-state index contributed by atoms with van der Waals surface area (Å²) in [5.41, 5.74) is 1.37. The van der Waals surface area contributed by atoms with Crippen LogP contribution in [0.1, 0.15) is 5.56 Å². The average Bonchev–Trinajstić information content (AvgIpc) is 2.32. The fourth-order valence-electron chi connectivity index (χ4n) is 3.13. The number of benzene rings is 1. The van der Waals surface area contributed by atoms with E-state index >= 15 is 0 Å². The molecule has 1 aromatic carbocycles. The summed E-state index contributed by atoms with van der Waals surface area (Å²) in [5, 5.41) is 13.5. The number of hydrogen-bond acceptors (Lipinski definition) is 3. The molecule has 0 aliphatic carbocycles. The van der Waals surface area contributed by atoms with Gasteiger partial charge in [0.05, 0.1) is 6.10 Å². The van der Waals surface area contributed by atoms with Gasteiger partial charge in [-0.1, -0.05) is 30.3 Å². The molecule has 2 saturated heterocycles. The number of aliphatic hydroxyl groups excluding tert-OH is 1. The van der Waals surface area contributed by atoms with E-state index in [0.29, 0.717) is 11.8 Å². The van der Waals surface area contributed by atoms with Crippen molar-refractivity contribution in [2.75, 3.05) is 26.2 Å². The summed E-state index contributed by atoms with van der Waals surface area (Å²) >= 11 is 0. The van der Waals surface area contributed by atoms with Crippen LogP contribution in [-0.2, 0) is 6.54 Å². The summed E-state index contributed by atoms with van der Waals surface area (Å²) in [6.45, 7) is 4.96. The van der Waals surface area contributed by atoms with Crippen molar-refractivity contribution < 1.29 is 5.11 Å². The van der Waals surface area contributed by atoms with Crippen LogP contribution in [0.2, 0.25) is 0 Å². The lowest BCUT2D eigenvalue weighted by Crippen LogP contribution is -2.58. The number of fused-ring (bicyclic) bond motifs is 2. The summed E-state index contributed by atoms with van der Waals surface area (Å²) in [4.78, 5) is 2.48. The van der Waals surface area contributed by atoms with Gasteiger partial charge in [0.15, 0.2) is 0 Å². The highest BCUT2D eigenvalue weighted by Gasteiger charge is 2.38. The summed E-state index contributed by atoms with van der Waals surface area (Å²) in [6, 6.07) is 10.6. The van der Waals surface area contributed by atoms with E-state index in [1.54, 1.807) is 0 Å². The lowest BCUT2D eigenvalue weighted by molar-refractivity contribution is -0.0423. The Morgan fingerprint density at radius 3 is 2.21 bits per heavy atom. The molecular weight excluding hydrogens is 283 g/mol. The van der Waals surface area contributed by atoms with Gasteiger partial charge in [-0.05, 0) is 5.56 Å². The zero-order valence-electron chi connectivity index (χ0n) is 10.9. The van der Waals surface area contributed by atoms with Crippen molar-refractivity contribution in [2.24, 2.45) is 11.8 Å². The van der Waals surface area contributed by atoms with E-state index in [0.717, 1.165) is 32.7 Å². The van der Waals surface area contributed by atoms with Crippen LogP contribution in [-0.4, -0.2) is 42.3 Å². The van der Waals surface area contributed by atoms with Gasteiger partial charge < -0.3 is 10.4 Å². The summed E-state index contributed by atoms with van der Waals surface area (Å²) in [5.74, 6) is 0.817. The van der Waals surface area contributed by atoms with Crippen molar-refractivity contribution in [3.05, 3.63) is 35.9 Å². The summed E-state index contributed by atoms with van der Waals surface area (Å²) in [7, 11) is 0. The Kier molecular flexibility index (Phi) is 6.57. The number of halogens is 2. The van der Waals surface area contributed by atoms with Gasteiger partial charge in [-0.3, -0.25) is 4.90 Å². The topological polar surface area (TPSA) is 35.5 Å². The molecule has 19 heavy (non-hydrogen) atoms. The molecule has 0 amide bonds. The zero-order chi connectivity index (χ0) is 11.7. The van der Waals surface area contributed by atoms with Gasteiger partial charge >= 0.3 is 0 Å². The molecule has 2 heterocycles. The first kappa shape index (κ1) is 16.7. The Hall–Kier alpha value is -0.320. The molecule has 2 bridgehead atoms. The van der Waals surface area contributed by atoms with Crippen molar-refractivity contribution in [3.63, 3.8) is 0 Å². The first-order chi connectivity index (χ1) is 8.33. The van der Waals surface area contributed by atoms with Gasteiger partial charge in [-0.15, -0.1) is 24.8 Å². The van der Waals surface area contributed by atoms with E-state index in [-0.39, 0.29) is 30.9 Å². The van der Waals surface area contributed by atoms with E-state index in [2.05, 4.69) is 40.5 Å². The number of likely N-dealkylation sites (tertiary alicyclic amines) is 1. The molecule has 3 rings (SSSR count). The Morgan fingerprint density at radius 2 is 1.63 bits per heavy atom. The van der Waals surface area contributed by atoms with Crippen molar-refractivity contribution >= 4 is 24.8 Å². The van der Waals surface area contributed by atoms with E-state index in [1.165, 1.54) is 5.56 Å². The Morgan fingerprint density at radius 1 is 1.05 bits per heavy atom. The predicted molar refractivity (Wildman–Crippen MR) is 82.1 cm³/mol. The molecule has 3 nitrogen and oxygen atoms in total. The van der Waals surface area contributed by atoms with Crippen LogP contribution in [0.25, 0.3) is 0 Å². The van der Waals surface area contributed by atoms with E-state index in [9.17, 15) is 5.11 Å². The SMILES string of the molecule is Cl.Cl.OC1C2CNCC1CN(Cc1ccccc1)C2. The maximum Gasteiger partial charge on any atom is 0.0645 e. The molecule has 5 heteroatoms. The van der Waals surface area contributed by atoms with Crippen LogP contribution >= 0.6 is 24.8 Å². The highest BCUT2D eigenvalue weighted by molar-refractivity contribution is 5.85. The Bertz CT molecular complexity index is 363. The lowest BCUT2D eigenvalue weighted by atomic mass is 9.82. The first-order valence-corrected chi connectivity index (χ1v) is 6.48. The quantitative estimate of drug-likeness (QED) is 0.870. The summed E-state index contributed by atoms with van der Waals surface area (Å²) < 4.78 is 0. The molecule has 108 valence electrons. The van der Waals surface area contributed by atoms with Crippen molar-refractivity contribution in [1.29, 1.82) is 0 Å². The average molecular weight is 305 g/mol. The number of piperidine rings is 2. The minimum atomic E-state index is -0.0942. The highest BCUT2D eigenvalue weighted by atomic mass is 35.5. The standard InChI is InChI=1S/C14H20N2O.2ClH/c17-14-12-6-15-7-13(14)10-16(9-12)8-11-4-2-1-3-5-11;;/h1-5,12-15,17H,6-10H2;2*1H. The molecule has 2 unspecified atom stereocenters. The zero-order valence-corrected chi connectivity index (χ0v) is 12.5. The Balaban J connectivity index is 0.000000902. The molecule has 0 radical (unpaired) electrons. The molecule has 0 spiro atoms. The number of hydrogen-bond donors (Lipinski definition) is 2. The van der Waals surface area contributed by atoms with Crippen LogP contribution in [0, 0.1) is 11.8 Å². The van der Waals surface area contributed by atoms with E-state index in [4.69, 9.17) is 0 Å². The predicted octanol–water partition coefficient (Wildman–Crippen LogP) is 1.54. The third-order valence-corrected chi connectivity index (χ3v) is 4.01. The van der Waals surface area contributed by atoms with E-state index < -0.39 is 0 Å². The van der Waals surface area contributed by atoms with Gasteiger partial charge in [0.25, 0.3) is 0 Å². The Labute approximate surface area is 127 Å². The molecule has 2 N–H and O–H groups in total. The molecule has 2 fully saturated rings. The van der Waals surface area contributed by atoms with Crippen LogP contribution in [0.15, 0.2) is 30.3 Å². The summed E-state index contributed by atoms with van der Waals surface area (Å²) in [6.07, 6.45) is -0.0942. The molecule has 0 aromatic heterocycles. The molecule has 2 atom stereocenters. The number of nitrogens with zero attached hydrogens (tertiary/aromatic N) is 1. The number of aliphatic hydroxyl groups is 1. The second-order valence-electron chi connectivity index (χ2n) is 5.35. The fraction of sp³-hybridized carbons (Fsp3) is 0.571. The van der Waals surface area contributed by atoms with Gasteiger partial charge in [-0.2, -0.15) is 0 Å². The molecule has 2 aliphatic heterocycles. The third-order valence-electron chi connectivity index (χ3n) is 4.01. The molecule has 0 saturated carbocycles. The molecule has 1 aromatic rings. The number of rotatable bonds is 2. The second-order valence-corrected chi connectivity index (χ2v) is 5.35. The van der Waals surface area contributed by atoms with Crippen LogP contribution in [0.5, 0.6) is 0 Å². The highest BCUT2D eigenvalue weighted by Crippen LogP contribution is 2.26. The third kappa shape index (κ3) is 3.83. The monoisotopic (exact) mass is 304 g/mol. The maximum atomic E-state index is 10.1. The van der Waals surface area contributed by atoms with Gasteiger partial charge in [0.1, 0.15) is 0 Å². The first-order valence-electron chi connectivity index (χ1n) is 6.48. The smallest absolute Gasteiger partial charge is 0.0645 e. The molecule has 2 aliphatic rings. The molecular formula is C14H22Cl2N2O. The minimum Gasteiger partial charge on any atom is -0.392 e. The van der Waals surface area contributed by atoms with E-state index in [1.807, 2.05) is 0 Å². The van der Waals surface area contributed by atoms with Crippen molar-refractivity contribution in [2.45, 2.75) is 12.6 Å². The van der Waals surface area contributed by atoms with Crippen LogP contribution in [0.3, 0.4) is 0 Å². The lowest BCUT2D eigenvalue weighted by Gasteiger charge is -2.45.